The molecule has 0 bridgehead atoms. The third-order valence-electron chi connectivity index (χ3n) is 4.16. The lowest BCUT2D eigenvalue weighted by Crippen LogP contribution is -2.27. The number of aromatic nitrogens is 2. The topological polar surface area (TPSA) is 66.9 Å². The lowest BCUT2D eigenvalue weighted by Gasteiger charge is -2.15. The number of hydrogen-bond acceptors (Lipinski definition) is 4. The van der Waals surface area contributed by atoms with Crippen molar-refractivity contribution < 1.29 is 4.79 Å². The minimum atomic E-state index is -0.248. The van der Waals surface area contributed by atoms with Crippen LogP contribution in [0.1, 0.15) is 40.3 Å². The molecule has 0 fully saturated rings. The SMILES string of the molecule is Cc1cc(C(=O)NC(C)c2ccccc2)nc(Nc2ccc(C)c(Cl)c2)n1. The van der Waals surface area contributed by atoms with Crippen LogP contribution in [0.4, 0.5) is 11.6 Å². The first-order valence-corrected chi connectivity index (χ1v) is 9.05. The van der Waals surface area contributed by atoms with Crippen LogP contribution in [0.15, 0.2) is 54.6 Å². The maximum absolute atomic E-state index is 12.6. The van der Waals surface area contributed by atoms with Gasteiger partial charge in [-0.05, 0) is 50.1 Å². The second-order valence-electron chi connectivity index (χ2n) is 6.41. The van der Waals surface area contributed by atoms with Crippen LogP contribution in [0, 0.1) is 13.8 Å². The highest BCUT2D eigenvalue weighted by Gasteiger charge is 2.14. The monoisotopic (exact) mass is 380 g/mol. The number of anilines is 2. The zero-order valence-electron chi connectivity index (χ0n) is 15.5. The van der Waals surface area contributed by atoms with E-state index in [9.17, 15) is 4.79 Å². The quantitative estimate of drug-likeness (QED) is 0.655. The minimum absolute atomic E-state index is 0.124. The highest BCUT2D eigenvalue weighted by molar-refractivity contribution is 6.31. The second kappa shape index (κ2) is 8.18. The molecule has 0 aliphatic heterocycles. The predicted molar refractivity (Wildman–Crippen MR) is 109 cm³/mol. The van der Waals surface area contributed by atoms with Crippen molar-refractivity contribution in [3.8, 4) is 0 Å². The Morgan fingerprint density at radius 2 is 1.78 bits per heavy atom. The number of benzene rings is 2. The zero-order chi connectivity index (χ0) is 19.4. The molecular weight excluding hydrogens is 360 g/mol. The third kappa shape index (κ3) is 4.83. The van der Waals surface area contributed by atoms with E-state index >= 15 is 0 Å². The molecular formula is C21H21ClN4O. The van der Waals surface area contributed by atoms with E-state index in [1.807, 2.05) is 63.2 Å². The summed E-state index contributed by atoms with van der Waals surface area (Å²) >= 11 is 6.16. The summed E-state index contributed by atoms with van der Waals surface area (Å²) in [5.41, 5.74) is 3.79. The van der Waals surface area contributed by atoms with Crippen molar-refractivity contribution in [1.29, 1.82) is 0 Å². The van der Waals surface area contributed by atoms with E-state index in [2.05, 4.69) is 20.6 Å². The molecule has 5 nitrogen and oxygen atoms in total. The molecule has 6 heteroatoms. The van der Waals surface area contributed by atoms with Gasteiger partial charge in [0.2, 0.25) is 5.95 Å². The molecule has 138 valence electrons. The lowest BCUT2D eigenvalue weighted by molar-refractivity contribution is 0.0934. The van der Waals surface area contributed by atoms with Gasteiger partial charge in [0, 0.05) is 16.4 Å². The van der Waals surface area contributed by atoms with Crippen molar-refractivity contribution in [2.45, 2.75) is 26.8 Å². The van der Waals surface area contributed by atoms with Gasteiger partial charge in [0.25, 0.3) is 5.91 Å². The Morgan fingerprint density at radius 1 is 1.04 bits per heavy atom. The number of carbonyl (C=O) groups excluding carboxylic acids is 1. The maximum atomic E-state index is 12.6. The average molecular weight is 381 g/mol. The molecule has 1 unspecified atom stereocenters. The van der Waals surface area contributed by atoms with E-state index in [4.69, 9.17) is 11.6 Å². The van der Waals surface area contributed by atoms with Crippen molar-refractivity contribution in [3.63, 3.8) is 0 Å². The van der Waals surface area contributed by atoms with Crippen LogP contribution < -0.4 is 10.6 Å². The lowest BCUT2D eigenvalue weighted by atomic mass is 10.1. The summed E-state index contributed by atoms with van der Waals surface area (Å²) < 4.78 is 0. The van der Waals surface area contributed by atoms with E-state index in [-0.39, 0.29) is 11.9 Å². The maximum Gasteiger partial charge on any atom is 0.270 e. The summed E-state index contributed by atoms with van der Waals surface area (Å²) in [4.78, 5) is 21.3. The highest BCUT2D eigenvalue weighted by Crippen LogP contribution is 2.22. The van der Waals surface area contributed by atoms with Crippen molar-refractivity contribution in [3.05, 3.63) is 82.1 Å². The van der Waals surface area contributed by atoms with Crippen LogP contribution in [0.2, 0.25) is 5.02 Å². The van der Waals surface area contributed by atoms with Gasteiger partial charge < -0.3 is 10.6 Å². The Bertz CT molecular complexity index is 960. The van der Waals surface area contributed by atoms with Crippen LogP contribution >= 0.6 is 11.6 Å². The third-order valence-corrected chi connectivity index (χ3v) is 4.57. The average Bonchev–Trinajstić information content (AvgIpc) is 2.65. The van der Waals surface area contributed by atoms with Crippen LogP contribution in [-0.2, 0) is 0 Å². The Morgan fingerprint density at radius 3 is 2.48 bits per heavy atom. The van der Waals surface area contributed by atoms with Gasteiger partial charge >= 0.3 is 0 Å². The number of carbonyl (C=O) groups is 1. The van der Waals surface area contributed by atoms with Crippen molar-refractivity contribution in [1.82, 2.24) is 15.3 Å². The summed E-state index contributed by atoms with van der Waals surface area (Å²) in [6, 6.07) is 16.9. The van der Waals surface area contributed by atoms with E-state index in [0.29, 0.717) is 22.4 Å². The van der Waals surface area contributed by atoms with E-state index in [1.165, 1.54) is 0 Å². The number of halogens is 1. The van der Waals surface area contributed by atoms with Gasteiger partial charge in [-0.25, -0.2) is 9.97 Å². The first-order chi connectivity index (χ1) is 12.9. The Hall–Kier alpha value is -2.92. The molecule has 0 aliphatic rings. The number of hydrogen-bond donors (Lipinski definition) is 2. The fourth-order valence-electron chi connectivity index (χ4n) is 2.64. The van der Waals surface area contributed by atoms with Crippen molar-refractivity contribution in [2.24, 2.45) is 0 Å². The molecule has 2 aromatic carbocycles. The minimum Gasteiger partial charge on any atom is -0.344 e. The predicted octanol–water partition coefficient (Wildman–Crippen LogP) is 4.98. The largest absolute Gasteiger partial charge is 0.344 e. The normalized spacial score (nSPS) is 11.7. The van der Waals surface area contributed by atoms with E-state index in [0.717, 1.165) is 16.8 Å². The summed E-state index contributed by atoms with van der Waals surface area (Å²) in [5, 5.41) is 6.73. The molecule has 0 aliphatic carbocycles. The molecule has 0 spiro atoms. The molecule has 1 atom stereocenters. The van der Waals surface area contributed by atoms with Gasteiger partial charge in [0.15, 0.2) is 0 Å². The fraction of sp³-hybridized carbons (Fsp3) is 0.190. The van der Waals surface area contributed by atoms with Gasteiger partial charge in [-0.2, -0.15) is 0 Å². The smallest absolute Gasteiger partial charge is 0.270 e. The Labute approximate surface area is 163 Å². The molecule has 0 saturated carbocycles. The molecule has 1 aromatic heterocycles. The summed E-state index contributed by atoms with van der Waals surface area (Å²) in [5.74, 6) is 0.106. The van der Waals surface area contributed by atoms with Crippen LogP contribution in [-0.4, -0.2) is 15.9 Å². The number of nitrogens with one attached hydrogen (secondary N) is 2. The Balaban J connectivity index is 1.78. The number of rotatable bonds is 5. The van der Waals surface area contributed by atoms with Gasteiger partial charge in [-0.1, -0.05) is 48.0 Å². The van der Waals surface area contributed by atoms with Crippen LogP contribution in [0.3, 0.4) is 0 Å². The summed E-state index contributed by atoms with van der Waals surface area (Å²) in [6.07, 6.45) is 0. The van der Waals surface area contributed by atoms with Gasteiger partial charge in [0.05, 0.1) is 6.04 Å². The summed E-state index contributed by atoms with van der Waals surface area (Å²) in [6.45, 7) is 5.70. The highest BCUT2D eigenvalue weighted by atomic mass is 35.5. The van der Waals surface area contributed by atoms with Gasteiger partial charge in [-0.15, -0.1) is 0 Å². The van der Waals surface area contributed by atoms with Crippen molar-refractivity contribution >= 4 is 29.1 Å². The number of nitrogens with zero attached hydrogens (tertiary/aromatic N) is 2. The molecule has 0 radical (unpaired) electrons. The van der Waals surface area contributed by atoms with Crippen LogP contribution in [0.5, 0.6) is 0 Å². The first-order valence-electron chi connectivity index (χ1n) is 8.67. The second-order valence-corrected chi connectivity index (χ2v) is 6.82. The van der Waals surface area contributed by atoms with E-state index in [1.54, 1.807) is 12.1 Å². The van der Waals surface area contributed by atoms with E-state index < -0.39 is 0 Å². The van der Waals surface area contributed by atoms with Crippen molar-refractivity contribution in [2.75, 3.05) is 5.32 Å². The first kappa shape index (κ1) is 18.9. The molecule has 27 heavy (non-hydrogen) atoms. The molecule has 2 N–H and O–H groups in total. The standard InChI is InChI=1S/C21H21ClN4O/c1-13-9-10-17(12-18(13)22)25-21-23-14(2)11-19(26-21)20(27)24-15(3)16-7-5-4-6-8-16/h4-12,15H,1-3H3,(H,24,27)(H,23,25,26). The number of aryl methyl sites for hydroxylation is 2. The van der Waals surface area contributed by atoms with Gasteiger partial charge in [0.1, 0.15) is 5.69 Å². The molecule has 3 aromatic rings. The molecule has 1 amide bonds. The van der Waals surface area contributed by atoms with Crippen LogP contribution in [0.25, 0.3) is 0 Å². The molecule has 3 rings (SSSR count). The van der Waals surface area contributed by atoms with Gasteiger partial charge in [-0.3, -0.25) is 4.79 Å². The Kier molecular flexibility index (Phi) is 5.72. The molecule has 1 heterocycles. The number of amides is 1. The summed E-state index contributed by atoms with van der Waals surface area (Å²) in [7, 11) is 0. The zero-order valence-corrected chi connectivity index (χ0v) is 16.2. The fourth-order valence-corrected chi connectivity index (χ4v) is 2.82. The molecule has 0 saturated heterocycles.